The SMILES string of the molecule is O=C(Nc1ccon1)C(F)(F)F. The predicted octanol–water partition coefficient (Wildman–Crippen LogP) is 1.18. The van der Waals surface area contributed by atoms with E-state index in [2.05, 4.69) is 9.68 Å². The fourth-order valence-electron chi connectivity index (χ4n) is 0.464. The molecular formula is C5H3F3N2O2. The van der Waals surface area contributed by atoms with Crippen molar-refractivity contribution in [1.82, 2.24) is 5.16 Å². The molecule has 0 bridgehead atoms. The van der Waals surface area contributed by atoms with Crippen LogP contribution in [0.3, 0.4) is 0 Å². The topological polar surface area (TPSA) is 55.1 Å². The highest BCUT2D eigenvalue weighted by Crippen LogP contribution is 2.16. The quantitative estimate of drug-likeness (QED) is 0.705. The number of hydrogen-bond donors (Lipinski definition) is 1. The van der Waals surface area contributed by atoms with E-state index in [1.54, 1.807) is 0 Å². The smallest absolute Gasteiger partial charge is 0.363 e. The average molecular weight is 180 g/mol. The Hall–Kier alpha value is -1.53. The van der Waals surface area contributed by atoms with Crippen molar-refractivity contribution < 1.29 is 22.5 Å². The van der Waals surface area contributed by atoms with Gasteiger partial charge in [0.1, 0.15) is 6.26 Å². The zero-order chi connectivity index (χ0) is 9.19. The minimum atomic E-state index is -4.90. The first kappa shape index (κ1) is 8.57. The van der Waals surface area contributed by atoms with Gasteiger partial charge < -0.3 is 4.52 Å². The summed E-state index contributed by atoms with van der Waals surface area (Å²) in [6.45, 7) is 0. The van der Waals surface area contributed by atoms with E-state index in [4.69, 9.17) is 0 Å². The average Bonchev–Trinajstić information content (AvgIpc) is 2.37. The van der Waals surface area contributed by atoms with Crippen molar-refractivity contribution in [2.75, 3.05) is 5.32 Å². The lowest BCUT2D eigenvalue weighted by Gasteiger charge is -2.03. The van der Waals surface area contributed by atoms with Gasteiger partial charge in [-0.1, -0.05) is 5.16 Å². The molecule has 4 nitrogen and oxygen atoms in total. The fraction of sp³-hybridized carbons (Fsp3) is 0.200. The molecule has 1 N–H and O–H groups in total. The van der Waals surface area contributed by atoms with E-state index in [1.807, 2.05) is 0 Å². The van der Waals surface area contributed by atoms with Crippen LogP contribution < -0.4 is 5.32 Å². The van der Waals surface area contributed by atoms with Crippen LogP contribution in [-0.2, 0) is 4.79 Å². The van der Waals surface area contributed by atoms with E-state index in [1.165, 1.54) is 5.32 Å². The number of anilines is 1. The van der Waals surface area contributed by atoms with Crippen LogP contribution in [-0.4, -0.2) is 17.2 Å². The summed E-state index contributed by atoms with van der Waals surface area (Å²) in [5.74, 6) is -2.34. The van der Waals surface area contributed by atoms with E-state index < -0.39 is 12.1 Å². The van der Waals surface area contributed by atoms with Crippen LogP contribution in [0.5, 0.6) is 0 Å². The number of hydrogen-bond acceptors (Lipinski definition) is 3. The van der Waals surface area contributed by atoms with Gasteiger partial charge in [0.2, 0.25) is 0 Å². The number of nitrogens with one attached hydrogen (secondary N) is 1. The highest BCUT2D eigenvalue weighted by atomic mass is 19.4. The Bertz CT molecular complexity index is 267. The third kappa shape index (κ3) is 1.97. The summed E-state index contributed by atoms with van der Waals surface area (Å²) >= 11 is 0. The Balaban J connectivity index is 2.60. The van der Waals surface area contributed by atoms with Gasteiger partial charge in [-0.3, -0.25) is 10.1 Å². The second-order valence-electron chi connectivity index (χ2n) is 1.84. The summed E-state index contributed by atoms with van der Waals surface area (Å²) in [5, 5.41) is 4.56. The van der Waals surface area contributed by atoms with Crippen molar-refractivity contribution in [3.05, 3.63) is 12.3 Å². The highest BCUT2D eigenvalue weighted by molar-refractivity contribution is 5.93. The molecule has 0 fully saturated rings. The summed E-state index contributed by atoms with van der Waals surface area (Å²) in [4.78, 5) is 10.2. The van der Waals surface area contributed by atoms with Crippen molar-refractivity contribution in [1.29, 1.82) is 0 Å². The maximum absolute atomic E-state index is 11.6. The molecule has 0 aliphatic rings. The second kappa shape index (κ2) is 2.84. The summed E-state index contributed by atoms with van der Waals surface area (Å²) < 4.78 is 38.9. The van der Waals surface area contributed by atoms with Crippen molar-refractivity contribution in [3.8, 4) is 0 Å². The molecule has 1 heterocycles. The number of aromatic nitrogens is 1. The van der Waals surface area contributed by atoms with Gasteiger partial charge in [0.25, 0.3) is 0 Å². The summed E-state index contributed by atoms with van der Waals surface area (Å²) in [6, 6.07) is 1.10. The van der Waals surface area contributed by atoms with Gasteiger partial charge in [0.05, 0.1) is 0 Å². The highest BCUT2D eigenvalue weighted by Gasteiger charge is 2.39. The van der Waals surface area contributed by atoms with Crippen LogP contribution >= 0.6 is 0 Å². The van der Waals surface area contributed by atoms with E-state index in [0.29, 0.717) is 0 Å². The number of alkyl halides is 3. The molecule has 1 aromatic rings. The van der Waals surface area contributed by atoms with Crippen LogP contribution in [0.4, 0.5) is 19.0 Å². The van der Waals surface area contributed by atoms with Gasteiger partial charge in [-0.15, -0.1) is 0 Å². The van der Waals surface area contributed by atoms with E-state index in [9.17, 15) is 18.0 Å². The predicted molar refractivity (Wildman–Crippen MR) is 31.2 cm³/mol. The van der Waals surface area contributed by atoms with Crippen LogP contribution in [0.2, 0.25) is 0 Å². The second-order valence-corrected chi connectivity index (χ2v) is 1.84. The number of halogens is 3. The number of nitrogens with zero attached hydrogens (tertiary/aromatic N) is 1. The normalized spacial score (nSPS) is 11.2. The summed E-state index contributed by atoms with van der Waals surface area (Å²) in [5.41, 5.74) is 0. The Morgan fingerprint density at radius 1 is 1.58 bits per heavy atom. The Labute approximate surface area is 64.3 Å². The van der Waals surface area contributed by atoms with Gasteiger partial charge >= 0.3 is 12.1 Å². The number of amides is 1. The zero-order valence-electron chi connectivity index (χ0n) is 5.55. The minimum absolute atomic E-state index is 0.266. The lowest BCUT2D eigenvalue weighted by atomic mass is 10.5. The van der Waals surface area contributed by atoms with Gasteiger partial charge in [0, 0.05) is 6.07 Å². The largest absolute Gasteiger partial charge is 0.471 e. The van der Waals surface area contributed by atoms with Crippen molar-refractivity contribution >= 4 is 11.7 Å². The number of rotatable bonds is 1. The van der Waals surface area contributed by atoms with Crippen LogP contribution in [0.15, 0.2) is 16.9 Å². The van der Waals surface area contributed by atoms with Gasteiger partial charge in [-0.2, -0.15) is 13.2 Å². The molecule has 7 heteroatoms. The Kier molecular flexibility index (Phi) is 2.03. The monoisotopic (exact) mass is 180 g/mol. The Morgan fingerprint density at radius 2 is 2.25 bits per heavy atom. The van der Waals surface area contributed by atoms with E-state index in [-0.39, 0.29) is 5.82 Å². The third-order valence-electron chi connectivity index (χ3n) is 0.937. The van der Waals surface area contributed by atoms with Gasteiger partial charge in [0.15, 0.2) is 5.82 Å². The lowest BCUT2D eigenvalue weighted by molar-refractivity contribution is -0.167. The molecule has 0 aliphatic heterocycles. The molecule has 0 saturated carbocycles. The fourth-order valence-corrected chi connectivity index (χ4v) is 0.464. The molecule has 1 aromatic heterocycles. The zero-order valence-corrected chi connectivity index (χ0v) is 5.55. The third-order valence-corrected chi connectivity index (χ3v) is 0.937. The molecule has 0 aliphatic carbocycles. The first-order valence-corrected chi connectivity index (χ1v) is 2.78. The lowest BCUT2D eigenvalue weighted by Crippen LogP contribution is -2.29. The minimum Gasteiger partial charge on any atom is -0.363 e. The molecular weight excluding hydrogens is 177 g/mol. The first-order valence-electron chi connectivity index (χ1n) is 2.78. The molecule has 0 unspecified atom stereocenters. The molecule has 0 aromatic carbocycles. The van der Waals surface area contributed by atoms with Gasteiger partial charge in [-0.25, -0.2) is 0 Å². The first-order chi connectivity index (χ1) is 5.50. The van der Waals surface area contributed by atoms with Crippen LogP contribution in [0, 0.1) is 0 Å². The number of carbonyl (C=O) groups excluding carboxylic acids is 1. The van der Waals surface area contributed by atoms with E-state index in [0.717, 1.165) is 12.3 Å². The van der Waals surface area contributed by atoms with Crippen molar-refractivity contribution in [2.24, 2.45) is 0 Å². The molecule has 0 radical (unpaired) electrons. The van der Waals surface area contributed by atoms with E-state index >= 15 is 0 Å². The molecule has 66 valence electrons. The van der Waals surface area contributed by atoms with Crippen molar-refractivity contribution in [3.63, 3.8) is 0 Å². The molecule has 12 heavy (non-hydrogen) atoms. The molecule has 0 atom stereocenters. The summed E-state index contributed by atoms with van der Waals surface area (Å²) in [6.07, 6.45) is -3.86. The molecule has 0 saturated heterocycles. The molecule has 0 spiro atoms. The van der Waals surface area contributed by atoms with Crippen LogP contribution in [0.25, 0.3) is 0 Å². The standard InChI is InChI=1S/C5H3F3N2O2/c6-5(7,8)4(11)9-3-1-2-12-10-3/h1-2H,(H,9,10,11). The Morgan fingerprint density at radius 3 is 2.67 bits per heavy atom. The van der Waals surface area contributed by atoms with Gasteiger partial charge in [-0.05, 0) is 0 Å². The maximum atomic E-state index is 11.6. The molecule has 1 rings (SSSR count). The van der Waals surface area contributed by atoms with Crippen molar-refractivity contribution in [2.45, 2.75) is 6.18 Å². The summed E-state index contributed by atoms with van der Waals surface area (Å²) in [7, 11) is 0. The number of carbonyl (C=O) groups is 1. The van der Waals surface area contributed by atoms with Crippen LogP contribution in [0.1, 0.15) is 0 Å². The molecule has 1 amide bonds. The maximum Gasteiger partial charge on any atom is 0.471 e.